The Labute approximate surface area is 242 Å². The number of allylic oxidation sites excluding steroid dienone is 5. The molecule has 0 heterocycles. The second-order valence-corrected chi connectivity index (χ2v) is 18.4. The Kier molecular flexibility index (Phi) is 11.2. The standard InChI is InChI=1S/C31H45N2O5Si2/c1-7-9-17-33(18-10-8-2)24-14-12-22(13-15-24)27-30(36)29(31(27)37)28-25(34)20-23(21-26(28)35)32-16-11-19-39(3)38-40(4,5)6/h12-15,20-21,32,34,36H,7-11,16-19H2,1-6H3. The van der Waals surface area contributed by atoms with Crippen LogP contribution in [-0.2, 0) is 13.7 Å². The summed E-state index contributed by atoms with van der Waals surface area (Å²) < 4.78 is 6.15. The molecular formula is C31H45N2O5Si2. The first kappa shape index (κ1) is 31.6. The number of unbranched alkanes of at least 4 members (excludes halogenated alkanes) is 2. The first-order valence-electron chi connectivity index (χ1n) is 14.5. The number of hydrogen-bond acceptors (Lipinski definition) is 7. The molecule has 0 fully saturated rings. The third-order valence-corrected chi connectivity index (χ3v) is 11.8. The van der Waals surface area contributed by atoms with E-state index in [1.807, 2.05) is 24.3 Å². The average Bonchev–Trinajstić information content (AvgIpc) is 2.88. The highest BCUT2D eigenvalue weighted by Crippen LogP contribution is 2.40. The second-order valence-electron chi connectivity index (χ2n) is 11.5. The molecule has 0 aliphatic heterocycles. The molecule has 2 aliphatic carbocycles. The fourth-order valence-corrected chi connectivity index (χ4v) is 10.2. The van der Waals surface area contributed by atoms with Crippen molar-refractivity contribution in [2.24, 2.45) is 0 Å². The van der Waals surface area contributed by atoms with Crippen LogP contribution in [0.1, 0.15) is 51.5 Å². The third kappa shape index (κ3) is 8.08. The second kappa shape index (κ2) is 14.1. The van der Waals surface area contributed by atoms with Crippen LogP contribution < -0.4 is 10.2 Å². The molecule has 7 nitrogen and oxygen atoms in total. The molecule has 217 valence electrons. The Morgan fingerprint density at radius 2 is 1.52 bits per heavy atom. The minimum Gasteiger partial charge on any atom is -0.507 e. The molecule has 1 aromatic carbocycles. The maximum atomic E-state index is 13.1. The number of nitrogens with one attached hydrogen (secondary N) is 1. The number of aliphatic hydroxyl groups is 2. The SMILES string of the molecule is CCCCN(CCCC)c1ccc(C2=C(O)C(=C3C(=O)C=C(NCCC[Si](C)O[Si](C)(C)C)C=C3O)C2=O)cc1. The number of aliphatic hydroxyl groups excluding tert-OH is 2. The zero-order chi connectivity index (χ0) is 29.4. The highest BCUT2D eigenvalue weighted by molar-refractivity contribution is 6.77. The molecule has 0 unspecified atom stereocenters. The van der Waals surface area contributed by atoms with Gasteiger partial charge in [0.2, 0.25) is 5.78 Å². The van der Waals surface area contributed by atoms with Gasteiger partial charge in [0.25, 0.3) is 0 Å². The fraction of sp³-hybridized carbons (Fsp3) is 0.484. The Morgan fingerprint density at radius 3 is 2.05 bits per heavy atom. The molecule has 0 saturated heterocycles. The summed E-state index contributed by atoms with van der Waals surface area (Å²) in [6.07, 6.45) is 8.16. The zero-order valence-electron chi connectivity index (χ0n) is 24.9. The van der Waals surface area contributed by atoms with Gasteiger partial charge in [0.15, 0.2) is 23.1 Å². The van der Waals surface area contributed by atoms with Crippen molar-refractivity contribution in [2.45, 2.75) is 78.2 Å². The molecule has 40 heavy (non-hydrogen) atoms. The number of benzene rings is 1. The molecule has 0 saturated carbocycles. The van der Waals surface area contributed by atoms with Crippen LogP contribution in [0.4, 0.5) is 5.69 Å². The van der Waals surface area contributed by atoms with Crippen LogP contribution in [0.5, 0.6) is 0 Å². The van der Waals surface area contributed by atoms with E-state index in [2.05, 4.69) is 50.3 Å². The summed E-state index contributed by atoms with van der Waals surface area (Å²) in [7, 11) is -2.39. The van der Waals surface area contributed by atoms with Crippen molar-refractivity contribution in [2.75, 3.05) is 24.5 Å². The summed E-state index contributed by atoms with van der Waals surface area (Å²) in [6, 6.07) is 8.61. The van der Waals surface area contributed by atoms with E-state index in [0.29, 0.717) is 17.8 Å². The highest BCUT2D eigenvalue weighted by Gasteiger charge is 2.40. The Hall–Kier alpha value is -2.89. The molecule has 1 radical (unpaired) electrons. The summed E-state index contributed by atoms with van der Waals surface area (Å²) in [5.74, 6) is -1.51. The van der Waals surface area contributed by atoms with Crippen molar-refractivity contribution >= 4 is 40.2 Å². The predicted octanol–water partition coefficient (Wildman–Crippen LogP) is 6.60. The molecule has 3 rings (SSSR count). The largest absolute Gasteiger partial charge is 0.507 e. The van der Waals surface area contributed by atoms with Gasteiger partial charge in [0.1, 0.15) is 11.5 Å². The summed E-state index contributed by atoms with van der Waals surface area (Å²) in [4.78, 5) is 28.3. The van der Waals surface area contributed by atoms with Crippen molar-refractivity contribution in [3.05, 3.63) is 70.3 Å². The fourth-order valence-electron chi connectivity index (χ4n) is 4.91. The lowest BCUT2D eigenvalue weighted by Crippen LogP contribution is -2.33. The van der Waals surface area contributed by atoms with Gasteiger partial charge in [-0.25, -0.2) is 0 Å². The number of hydrogen-bond donors (Lipinski definition) is 3. The number of ketones is 2. The van der Waals surface area contributed by atoms with Gasteiger partial charge in [0, 0.05) is 43.2 Å². The average molecular weight is 582 g/mol. The summed E-state index contributed by atoms with van der Waals surface area (Å²) in [6.45, 7) is 15.7. The van der Waals surface area contributed by atoms with E-state index in [1.165, 1.54) is 12.2 Å². The molecular weight excluding hydrogens is 537 g/mol. The number of carbonyl (C=O) groups is 2. The lowest BCUT2D eigenvalue weighted by molar-refractivity contribution is -0.114. The van der Waals surface area contributed by atoms with Crippen molar-refractivity contribution in [3.63, 3.8) is 0 Å². The van der Waals surface area contributed by atoms with E-state index < -0.39 is 28.9 Å². The maximum absolute atomic E-state index is 13.1. The molecule has 9 heteroatoms. The summed E-state index contributed by atoms with van der Waals surface area (Å²) in [5, 5.41) is 24.7. The Morgan fingerprint density at radius 1 is 0.900 bits per heavy atom. The molecule has 0 atom stereocenters. The van der Waals surface area contributed by atoms with Crippen molar-refractivity contribution in [3.8, 4) is 0 Å². The van der Waals surface area contributed by atoms with Gasteiger partial charge in [-0.2, -0.15) is 0 Å². The van der Waals surface area contributed by atoms with Crippen molar-refractivity contribution in [1.29, 1.82) is 0 Å². The van der Waals surface area contributed by atoms with Gasteiger partial charge in [-0.05, 0) is 69.2 Å². The first-order chi connectivity index (χ1) is 19.0. The number of carbonyl (C=O) groups excluding carboxylic acids is 2. The van der Waals surface area contributed by atoms with E-state index >= 15 is 0 Å². The first-order valence-corrected chi connectivity index (χ1v) is 20.0. The van der Waals surface area contributed by atoms with Gasteiger partial charge in [-0.1, -0.05) is 38.8 Å². The van der Waals surface area contributed by atoms with E-state index in [-0.39, 0.29) is 28.2 Å². The monoisotopic (exact) mass is 581 g/mol. The topological polar surface area (TPSA) is 99.1 Å². The minimum absolute atomic E-state index is 0.123. The Balaban J connectivity index is 1.69. The highest BCUT2D eigenvalue weighted by atomic mass is 28.4. The molecule has 0 aromatic heterocycles. The number of nitrogens with zero attached hydrogens (tertiary/aromatic N) is 1. The normalized spacial score (nSPS) is 17.7. The third-order valence-electron chi connectivity index (χ3n) is 6.86. The maximum Gasteiger partial charge on any atom is 0.202 e. The van der Waals surface area contributed by atoms with Crippen LogP contribution in [0.15, 0.2) is 64.8 Å². The quantitative estimate of drug-likeness (QED) is 0.122. The van der Waals surface area contributed by atoms with E-state index in [9.17, 15) is 19.8 Å². The van der Waals surface area contributed by atoms with Gasteiger partial charge >= 0.3 is 0 Å². The smallest absolute Gasteiger partial charge is 0.202 e. The van der Waals surface area contributed by atoms with Crippen LogP contribution in [0, 0.1) is 0 Å². The van der Waals surface area contributed by atoms with Crippen molar-refractivity contribution in [1.82, 2.24) is 5.32 Å². The van der Waals surface area contributed by atoms with Gasteiger partial charge < -0.3 is 24.5 Å². The molecule has 0 amide bonds. The van der Waals surface area contributed by atoms with E-state index in [0.717, 1.165) is 56.9 Å². The van der Waals surface area contributed by atoms with Gasteiger partial charge in [-0.3, -0.25) is 9.59 Å². The van der Waals surface area contributed by atoms with Crippen LogP contribution in [0.2, 0.25) is 32.2 Å². The molecule has 0 spiro atoms. The van der Waals surface area contributed by atoms with Gasteiger partial charge in [0.05, 0.1) is 16.7 Å². The predicted molar refractivity (Wildman–Crippen MR) is 167 cm³/mol. The minimum atomic E-state index is -1.53. The lowest BCUT2D eigenvalue weighted by Gasteiger charge is -2.27. The molecule has 1 aromatic rings. The van der Waals surface area contributed by atoms with E-state index in [1.54, 1.807) is 0 Å². The zero-order valence-corrected chi connectivity index (χ0v) is 26.9. The van der Waals surface area contributed by atoms with Crippen LogP contribution in [0.3, 0.4) is 0 Å². The lowest BCUT2D eigenvalue weighted by atomic mass is 9.78. The number of Topliss-reactive ketones (excluding diaryl/α,β-unsaturated/α-hetero) is 1. The van der Waals surface area contributed by atoms with Crippen LogP contribution in [-0.4, -0.2) is 58.8 Å². The molecule has 2 aliphatic rings. The van der Waals surface area contributed by atoms with Gasteiger partial charge in [-0.15, -0.1) is 0 Å². The number of rotatable bonds is 15. The number of anilines is 1. The summed E-state index contributed by atoms with van der Waals surface area (Å²) in [5.41, 5.74) is 2.08. The van der Waals surface area contributed by atoms with E-state index in [4.69, 9.17) is 4.12 Å². The van der Waals surface area contributed by atoms with Crippen LogP contribution in [0.25, 0.3) is 5.57 Å². The summed E-state index contributed by atoms with van der Waals surface area (Å²) >= 11 is 0. The van der Waals surface area contributed by atoms with Crippen molar-refractivity contribution < 1.29 is 23.9 Å². The van der Waals surface area contributed by atoms with Crippen LogP contribution >= 0.6 is 0 Å². The molecule has 3 N–H and O–H groups in total. The molecule has 0 bridgehead atoms. The Bertz CT molecular complexity index is 1200.